The number of likely N-dealkylation sites (N-methyl/N-ethyl adjacent to an activating group) is 1. The van der Waals surface area contributed by atoms with Crippen LogP contribution in [0.1, 0.15) is 39.4 Å². The molecule has 0 bridgehead atoms. The first-order valence-electron chi connectivity index (χ1n) is 6.83. The summed E-state index contributed by atoms with van der Waals surface area (Å²) in [5.41, 5.74) is 0.208. The van der Waals surface area contributed by atoms with E-state index in [0.717, 1.165) is 0 Å². The molecule has 112 valence electrons. The number of hydrogen-bond donors (Lipinski definition) is 1. The predicted octanol–water partition coefficient (Wildman–Crippen LogP) is 2.51. The molecule has 0 aliphatic rings. The van der Waals surface area contributed by atoms with Crippen LogP contribution in [0.3, 0.4) is 0 Å². The number of halogens is 1. The summed E-state index contributed by atoms with van der Waals surface area (Å²) in [5, 5.41) is 9.36. The van der Waals surface area contributed by atoms with E-state index in [9.17, 15) is 14.3 Å². The van der Waals surface area contributed by atoms with Gasteiger partial charge < -0.3 is 14.7 Å². The van der Waals surface area contributed by atoms with Crippen LogP contribution in [-0.4, -0.2) is 35.1 Å². The molecule has 5 heteroatoms. The van der Waals surface area contributed by atoms with Crippen molar-refractivity contribution in [1.82, 2.24) is 4.90 Å². The highest BCUT2D eigenvalue weighted by molar-refractivity contribution is 5.80. The topological polar surface area (TPSA) is 49.8 Å². The van der Waals surface area contributed by atoms with E-state index in [2.05, 4.69) is 0 Å². The number of aliphatic hydroxyl groups excluding tert-OH is 1. The number of amides is 1. The van der Waals surface area contributed by atoms with Gasteiger partial charge in [0.2, 0.25) is 0 Å². The van der Waals surface area contributed by atoms with Crippen LogP contribution in [0.2, 0.25) is 0 Å². The number of nitrogens with zero attached hydrogens (tertiary/aromatic N) is 1. The smallest absolute Gasteiger partial charge is 0.263 e. The predicted molar refractivity (Wildman–Crippen MR) is 75.1 cm³/mol. The molecule has 1 N–H and O–H groups in total. The lowest BCUT2D eigenvalue weighted by molar-refractivity contribution is -0.137. The third kappa shape index (κ3) is 3.93. The molecule has 0 aliphatic carbocycles. The fraction of sp³-hybridized carbons (Fsp3) is 0.533. The zero-order valence-electron chi connectivity index (χ0n) is 12.4. The Kier molecular flexibility index (Phi) is 5.95. The maximum atomic E-state index is 13.7. The summed E-state index contributed by atoms with van der Waals surface area (Å²) in [4.78, 5) is 13.7. The van der Waals surface area contributed by atoms with E-state index in [0.29, 0.717) is 13.1 Å². The number of ether oxygens (including phenoxy) is 1. The second-order valence-corrected chi connectivity index (χ2v) is 4.63. The maximum absolute atomic E-state index is 13.7. The van der Waals surface area contributed by atoms with Crippen molar-refractivity contribution >= 4 is 5.91 Å². The highest BCUT2D eigenvalue weighted by Crippen LogP contribution is 2.22. The SMILES string of the molecule is CCN(CC)C(=O)C(C)Oc1ccc(C(C)O)c(F)c1. The Morgan fingerprint density at radius 2 is 1.95 bits per heavy atom. The molecule has 0 fully saturated rings. The number of carbonyl (C=O) groups excluding carboxylic acids is 1. The summed E-state index contributed by atoms with van der Waals surface area (Å²) in [6, 6.07) is 4.20. The number of hydrogen-bond acceptors (Lipinski definition) is 3. The summed E-state index contributed by atoms with van der Waals surface area (Å²) in [6.07, 6.45) is -1.55. The standard InChI is InChI=1S/C15H22FNO3/c1-5-17(6-2)15(19)11(4)20-12-7-8-13(10(3)18)14(16)9-12/h7-11,18H,5-6H2,1-4H3. The van der Waals surface area contributed by atoms with Crippen molar-refractivity contribution in [2.24, 2.45) is 0 Å². The Morgan fingerprint density at radius 1 is 1.35 bits per heavy atom. The molecule has 1 aromatic rings. The van der Waals surface area contributed by atoms with Crippen molar-refractivity contribution < 1.29 is 19.0 Å². The van der Waals surface area contributed by atoms with Crippen molar-refractivity contribution in [2.75, 3.05) is 13.1 Å². The fourth-order valence-corrected chi connectivity index (χ4v) is 1.97. The van der Waals surface area contributed by atoms with Gasteiger partial charge in [0.15, 0.2) is 6.10 Å². The van der Waals surface area contributed by atoms with E-state index >= 15 is 0 Å². The van der Waals surface area contributed by atoms with Crippen LogP contribution >= 0.6 is 0 Å². The van der Waals surface area contributed by atoms with Gasteiger partial charge in [-0.3, -0.25) is 4.79 Å². The van der Waals surface area contributed by atoms with E-state index in [1.165, 1.54) is 19.1 Å². The Balaban J connectivity index is 2.78. The fourth-order valence-electron chi connectivity index (χ4n) is 1.97. The van der Waals surface area contributed by atoms with E-state index in [-0.39, 0.29) is 17.2 Å². The van der Waals surface area contributed by atoms with Crippen LogP contribution in [0.4, 0.5) is 4.39 Å². The Bertz CT molecular complexity index is 458. The van der Waals surface area contributed by atoms with E-state index in [1.807, 2.05) is 13.8 Å². The number of rotatable bonds is 6. The van der Waals surface area contributed by atoms with Crippen molar-refractivity contribution in [3.63, 3.8) is 0 Å². The lowest BCUT2D eigenvalue weighted by Gasteiger charge is -2.23. The van der Waals surface area contributed by atoms with Gasteiger partial charge in [-0.05, 0) is 39.8 Å². The lowest BCUT2D eigenvalue weighted by Crippen LogP contribution is -2.40. The Hall–Kier alpha value is -1.62. The van der Waals surface area contributed by atoms with Crippen molar-refractivity contribution in [3.05, 3.63) is 29.6 Å². The zero-order chi connectivity index (χ0) is 15.3. The largest absolute Gasteiger partial charge is 0.481 e. The van der Waals surface area contributed by atoms with Gasteiger partial charge in [-0.15, -0.1) is 0 Å². The van der Waals surface area contributed by atoms with E-state index in [1.54, 1.807) is 17.9 Å². The van der Waals surface area contributed by atoms with Gasteiger partial charge >= 0.3 is 0 Å². The van der Waals surface area contributed by atoms with Gasteiger partial charge in [-0.25, -0.2) is 4.39 Å². The van der Waals surface area contributed by atoms with Crippen molar-refractivity contribution in [1.29, 1.82) is 0 Å². The first-order valence-corrected chi connectivity index (χ1v) is 6.83. The molecule has 2 unspecified atom stereocenters. The first-order chi connectivity index (χ1) is 9.40. The van der Waals surface area contributed by atoms with Crippen LogP contribution in [0.25, 0.3) is 0 Å². The van der Waals surface area contributed by atoms with E-state index < -0.39 is 18.0 Å². The molecule has 4 nitrogen and oxygen atoms in total. The molecule has 2 atom stereocenters. The molecule has 0 aliphatic heterocycles. The lowest BCUT2D eigenvalue weighted by atomic mass is 10.1. The van der Waals surface area contributed by atoms with Gasteiger partial charge in [0, 0.05) is 24.7 Å². The summed E-state index contributed by atoms with van der Waals surface area (Å²) >= 11 is 0. The average Bonchev–Trinajstić information content (AvgIpc) is 2.39. The Labute approximate surface area is 119 Å². The molecule has 0 saturated heterocycles. The molecule has 0 saturated carbocycles. The van der Waals surface area contributed by atoms with Gasteiger partial charge in [-0.2, -0.15) is 0 Å². The average molecular weight is 283 g/mol. The summed E-state index contributed by atoms with van der Waals surface area (Å²) in [7, 11) is 0. The molecule has 0 aromatic heterocycles. The Morgan fingerprint density at radius 3 is 2.40 bits per heavy atom. The van der Waals surface area contributed by atoms with Crippen molar-refractivity contribution in [2.45, 2.75) is 39.9 Å². The van der Waals surface area contributed by atoms with Crippen LogP contribution in [0, 0.1) is 5.82 Å². The minimum atomic E-state index is -0.876. The summed E-state index contributed by atoms with van der Waals surface area (Å²) in [5.74, 6) is -0.394. The number of benzene rings is 1. The minimum absolute atomic E-state index is 0.130. The van der Waals surface area contributed by atoms with Gasteiger partial charge in [0.05, 0.1) is 6.10 Å². The number of aliphatic hydroxyl groups is 1. The normalized spacial score (nSPS) is 13.7. The second-order valence-electron chi connectivity index (χ2n) is 4.63. The van der Waals surface area contributed by atoms with Gasteiger partial charge in [0.1, 0.15) is 11.6 Å². The molecule has 1 aromatic carbocycles. The number of carbonyl (C=O) groups is 1. The quantitative estimate of drug-likeness (QED) is 0.872. The van der Waals surface area contributed by atoms with Crippen molar-refractivity contribution in [3.8, 4) is 5.75 Å². The summed E-state index contributed by atoms with van der Waals surface area (Å²) < 4.78 is 19.2. The van der Waals surface area contributed by atoms with Gasteiger partial charge in [-0.1, -0.05) is 0 Å². The molecule has 0 radical (unpaired) electrons. The van der Waals surface area contributed by atoms with Gasteiger partial charge in [0.25, 0.3) is 5.91 Å². The van der Waals surface area contributed by atoms with Crippen LogP contribution in [0.15, 0.2) is 18.2 Å². The van der Waals surface area contributed by atoms with Crippen LogP contribution < -0.4 is 4.74 Å². The summed E-state index contributed by atoms with van der Waals surface area (Å²) in [6.45, 7) is 8.14. The monoisotopic (exact) mass is 283 g/mol. The molecule has 1 amide bonds. The third-order valence-electron chi connectivity index (χ3n) is 3.16. The molecular formula is C15H22FNO3. The molecule has 0 spiro atoms. The molecule has 20 heavy (non-hydrogen) atoms. The zero-order valence-corrected chi connectivity index (χ0v) is 12.4. The highest BCUT2D eigenvalue weighted by Gasteiger charge is 2.20. The molecule has 0 heterocycles. The minimum Gasteiger partial charge on any atom is -0.481 e. The first kappa shape index (κ1) is 16.4. The maximum Gasteiger partial charge on any atom is 0.263 e. The van der Waals surface area contributed by atoms with Crippen LogP contribution in [-0.2, 0) is 4.79 Å². The second kappa shape index (κ2) is 7.24. The third-order valence-corrected chi connectivity index (χ3v) is 3.16. The highest BCUT2D eigenvalue weighted by atomic mass is 19.1. The van der Waals surface area contributed by atoms with E-state index in [4.69, 9.17) is 4.74 Å². The van der Waals surface area contributed by atoms with Crippen LogP contribution in [0.5, 0.6) is 5.75 Å². The molecular weight excluding hydrogens is 261 g/mol. The molecule has 1 rings (SSSR count).